The molecule has 0 bridgehead atoms. The molecule has 0 aromatic heterocycles. The maximum Gasteiger partial charge on any atom is 0.191 e. The van der Waals surface area contributed by atoms with Crippen molar-refractivity contribution in [3.8, 4) is 11.5 Å². The number of nitrogens with zero attached hydrogens (tertiary/aromatic N) is 1. The molecule has 1 aromatic carbocycles. The fourth-order valence-electron chi connectivity index (χ4n) is 1.84. The average Bonchev–Trinajstić information content (AvgIpc) is 2.55. The molecule has 0 saturated carbocycles. The quantitative estimate of drug-likeness (QED) is 0.256. The molecular formula is C17H30IN3O2. The highest BCUT2D eigenvalue weighted by Gasteiger charge is 1.97. The van der Waals surface area contributed by atoms with E-state index < -0.39 is 0 Å². The molecular weight excluding hydrogens is 405 g/mol. The van der Waals surface area contributed by atoms with Gasteiger partial charge in [0.15, 0.2) is 5.96 Å². The lowest BCUT2D eigenvalue weighted by molar-refractivity contribution is 0.312. The third-order valence-corrected chi connectivity index (χ3v) is 3.07. The Morgan fingerprint density at radius 3 is 2.35 bits per heavy atom. The Balaban J connectivity index is 0.00000484. The molecule has 1 rings (SSSR count). The van der Waals surface area contributed by atoms with Crippen LogP contribution >= 0.6 is 24.0 Å². The van der Waals surface area contributed by atoms with Crippen molar-refractivity contribution in [2.24, 2.45) is 4.99 Å². The van der Waals surface area contributed by atoms with Crippen molar-refractivity contribution in [1.29, 1.82) is 0 Å². The van der Waals surface area contributed by atoms with Crippen LogP contribution in [0.5, 0.6) is 11.5 Å². The van der Waals surface area contributed by atoms with Crippen molar-refractivity contribution in [2.45, 2.75) is 33.1 Å². The van der Waals surface area contributed by atoms with Gasteiger partial charge in [-0.2, -0.15) is 0 Å². The van der Waals surface area contributed by atoms with E-state index in [0.29, 0.717) is 6.61 Å². The van der Waals surface area contributed by atoms with Crippen LogP contribution in [0.15, 0.2) is 29.3 Å². The Morgan fingerprint density at radius 1 is 1.04 bits per heavy atom. The van der Waals surface area contributed by atoms with Crippen LogP contribution in [0.4, 0.5) is 0 Å². The molecule has 6 heteroatoms. The van der Waals surface area contributed by atoms with E-state index in [2.05, 4.69) is 29.5 Å². The zero-order valence-corrected chi connectivity index (χ0v) is 16.8. The molecule has 2 N–H and O–H groups in total. The second kappa shape index (κ2) is 14.4. The standard InChI is InChI=1S/C17H29N3O2.HI/c1-4-6-12-19-17(18-5-2)20-13-7-14-22-16-10-8-15(21-3)9-11-16;/h8-11H,4-7,12-14H2,1-3H3,(H2,18,19,20);1H. The Hall–Kier alpha value is -1.18. The van der Waals surface area contributed by atoms with E-state index in [4.69, 9.17) is 9.47 Å². The summed E-state index contributed by atoms with van der Waals surface area (Å²) in [6, 6.07) is 7.62. The Labute approximate surface area is 157 Å². The number of unbranched alkanes of at least 4 members (excludes halogenated alkanes) is 1. The second-order valence-electron chi connectivity index (χ2n) is 4.92. The molecule has 0 spiro atoms. The molecule has 5 nitrogen and oxygen atoms in total. The van der Waals surface area contributed by atoms with Gasteiger partial charge in [0.05, 0.1) is 13.7 Å². The minimum absolute atomic E-state index is 0. The molecule has 0 radical (unpaired) electrons. The van der Waals surface area contributed by atoms with Crippen molar-refractivity contribution in [1.82, 2.24) is 10.6 Å². The van der Waals surface area contributed by atoms with Crippen molar-refractivity contribution in [3.63, 3.8) is 0 Å². The molecule has 0 fully saturated rings. The summed E-state index contributed by atoms with van der Waals surface area (Å²) in [5.41, 5.74) is 0. The van der Waals surface area contributed by atoms with Gasteiger partial charge in [0.25, 0.3) is 0 Å². The van der Waals surface area contributed by atoms with E-state index in [-0.39, 0.29) is 24.0 Å². The normalized spacial score (nSPS) is 10.7. The molecule has 0 heterocycles. The highest BCUT2D eigenvalue weighted by Crippen LogP contribution is 2.16. The van der Waals surface area contributed by atoms with E-state index >= 15 is 0 Å². The van der Waals surface area contributed by atoms with Gasteiger partial charge in [0.2, 0.25) is 0 Å². The molecule has 0 atom stereocenters. The molecule has 23 heavy (non-hydrogen) atoms. The smallest absolute Gasteiger partial charge is 0.191 e. The van der Waals surface area contributed by atoms with Gasteiger partial charge in [-0.15, -0.1) is 24.0 Å². The number of hydrogen-bond donors (Lipinski definition) is 2. The Bertz CT molecular complexity index is 424. The molecule has 0 saturated heterocycles. The summed E-state index contributed by atoms with van der Waals surface area (Å²) in [6.07, 6.45) is 3.23. The van der Waals surface area contributed by atoms with Crippen LogP contribution < -0.4 is 20.1 Å². The zero-order chi connectivity index (χ0) is 16.0. The minimum atomic E-state index is 0. The summed E-state index contributed by atoms with van der Waals surface area (Å²) in [4.78, 5) is 4.54. The van der Waals surface area contributed by atoms with E-state index in [1.807, 2.05) is 24.3 Å². The SMILES string of the molecule is CCCCNC(=NCCCOc1ccc(OC)cc1)NCC.I. The maximum atomic E-state index is 5.68. The number of halogens is 1. The summed E-state index contributed by atoms with van der Waals surface area (Å²) in [5.74, 6) is 2.59. The molecule has 0 unspecified atom stereocenters. The number of methoxy groups -OCH3 is 1. The monoisotopic (exact) mass is 435 g/mol. The Kier molecular flexibility index (Phi) is 13.7. The van der Waals surface area contributed by atoms with E-state index in [9.17, 15) is 0 Å². The highest BCUT2D eigenvalue weighted by atomic mass is 127. The molecule has 0 aliphatic rings. The van der Waals surface area contributed by atoms with Crippen LogP contribution in [-0.4, -0.2) is 39.3 Å². The van der Waals surface area contributed by atoms with Crippen LogP contribution in [0, 0.1) is 0 Å². The van der Waals surface area contributed by atoms with Gasteiger partial charge in [-0.05, 0) is 37.6 Å². The average molecular weight is 435 g/mol. The summed E-state index contributed by atoms with van der Waals surface area (Å²) in [7, 11) is 1.66. The second-order valence-corrected chi connectivity index (χ2v) is 4.92. The van der Waals surface area contributed by atoms with Crippen molar-refractivity contribution >= 4 is 29.9 Å². The first-order valence-electron chi connectivity index (χ1n) is 8.09. The molecule has 132 valence electrons. The molecule has 0 aliphatic heterocycles. The van der Waals surface area contributed by atoms with Gasteiger partial charge >= 0.3 is 0 Å². The topological polar surface area (TPSA) is 54.9 Å². The third-order valence-electron chi connectivity index (χ3n) is 3.07. The van der Waals surface area contributed by atoms with E-state index in [0.717, 1.165) is 49.9 Å². The lowest BCUT2D eigenvalue weighted by atomic mass is 10.3. The van der Waals surface area contributed by atoms with E-state index in [1.54, 1.807) is 7.11 Å². The number of benzene rings is 1. The summed E-state index contributed by atoms with van der Waals surface area (Å²) < 4.78 is 10.8. The van der Waals surface area contributed by atoms with Gasteiger partial charge in [-0.3, -0.25) is 4.99 Å². The van der Waals surface area contributed by atoms with E-state index in [1.165, 1.54) is 6.42 Å². The van der Waals surface area contributed by atoms with Crippen LogP contribution in [0.2, 0.25) is 0 Å². The van der Waals surface area contributed by atoms with Crippen LogP contribution in [0.1, 0.15) is 33.1 Å². The summed E-state index contributed by atoms with van der Waals surface area (Å²) in [5, 5.41) is 6.57. The number of rotatable bonds is 10. The van der Waals surface area contributed by atoms with Crippen LogP contribution in [-0.2, 0) is 0 Å². The number of hydrogen-bond acceptors (Lipinski definition) is 3. The lowest BCUT2D eigenvalue weighted by Gasteiger charge is -2.11. The highest BCUT2D eigenvalue weighted by molar-refractivity contribution is 14.0. The van der Waals surface area contributed by atoms with Crippen LogP contribution in [0.3, 0.4) is 0 Å². The van der Waals surface area contributed by atoms with Gasteiger partial charge in [-0.25, -0.2) is 0 Å². The third kappa shape index (κ3) is 10.3. The number of guanidine groups is 1. The number of nitrogens with one attached hydrogen (secondary N) is 2. The minimum Gasteiger partial charge on any atom is -0.497 e. The molecule has 1 aromatic rings. The van der Waals surface area contributed by atoms with Crippen LogP contribution in [0.25, 0.3) is 0 Å². The zero-order valence-electron chi connectivity index (χ0n) is 14.4. The van der Waals surface area contributed by atoms with Gasteiger partial charge < -0.3 is 20.1 Å². The first kappa shape index (κ1) is 21.8. The first-order valence-corrected chi connectivity index (χ1v) is 8.09. The lowest BCUT2D eigenvalue weighted by Crippen LogP contribution is -2.37. The summed E-state index contributed by atoms with van der Waals surface area (Å²) >= 11 is 0. The van der Waals surface area contributed by atoms with Gasteiger partial charge in [0.1, 0.15) is 11.5 Å². The van der Waals surface area contributed by atoms with Crippen molar-refractivity contribution in [2.75, 3.05) is 33.4 Å². The first-order chi connectivity index (χ1) is 10.8. The largest absolute Gasteiger partial charge is 0.497 e. The fourth-order valence-corrected chi connectivity index (χ4v) is 1.84. The van der Waals surface area contributed by atoms with Gasteiger partial charge in [0, 0.05) is 26.1 Å². The maximum absolute atomic E-state index is 5.68. The number of ether oxygens (including phenoxy) is 2. The van der Waals surface area contributed by atoms with Crippen molar-refractivity contribution in [3.05, 3.63) is 24.3 Å². The number of aliphatic imine (C=N–C) groups is 1. The van der Waals surface area contributed by atoms with Crippen molar-refractivity contribution < 1.29 is 9.47 Å². The summed E-state index contributed by atoms with van der Waals surface area (Å²) in [6.45, 7) is 7.50. The predicted octanol–water partition coefficient (Wildman–Crippen LogP) is 3.44. The molecule has 0 amide bonds. The predicted molar refractivity (Wildman–Crippen MR) is 107 cm³/mol. The van der Waals surface area contributed by atoms with Gasteiger partial charge in [-0.1, -0.05) is 13.3 Å². The molecule has 0 aliphatic carbocycles. The Morgan fingerprint density at radius 2 is 1.74 bits per heavy atom. The fraction of sp³-hybridized carbons (Fsp3) is 0.588.